The number of hydrogen-bond donors (Lipinski definition) is 2. The number of carbonyl (C=O) groups is 2. The predicted molar refractivity (Wildman–Crippen MR) is 94.3 cm³/mol. The fourth-order valence-electron chi connectivity index (χ4n) is 2.27. The minimum Gasteiger partial charge on any atom is -0.493 e. The van der Waals surface area contributed by atoms with Gasteiger partial charge in [0.15, 0.2) is 5.69 Å². The van der Waals surface area contributed by atoms with Crippen molar-refractivity contribution in [3.63, 3.8) is 0 Å². The van der Waals surface area contributed by atoms with Crippen LogP contribution in [0.5, 0.6) is 11.6 Å². The lowest BCUT2D eigenvalue weighted by molar-refractivity contribution is -0.131. The standard InChI is InChI=1S/C17H12BrN3O4/c1-9(22)25-14-5-3-2-4-11(14)16(23)21-20-15-12-8-10(18)6-7-13(12)19-17(15)24/h2-8,19,24H,1H3. The first-order valence-electron chi connectivity index (χ1n) is 7.19. The molecule has 0 bridgehead atoms. The van der Waals surface area contributed by atoms with Gasteiger partial charge in [-0.2, -0.15) is 0 Å². The van der Waals surface area contributed by atoms with Crippen LogP contribution >= 0.6 is 15.9 Å². The number of fused-ring (bicyclic) bond motifs is 1. The van der Waals surface area contributed by atoms with Gasteiger partial charge in [-0.1, -0.05) is 28.1 Å². The molecule has 1 heterocycles. The number of aromatic nitrogens is 1. The van der Waals surface area contributed by atoms with Crippen LogP contribution in [0, 0.1) is 0 Å². The number of nitrogens with one attached hydrogen (secondary N) is 1. The topological polar surface area (TPSA) is 104 Å². The first kappa shape index (κ1) is 16.8. The van der Waals surface area contributed by atoms with E-state index >= 15 is 0 Å². The molecule has 0 radical (unpaired) electrons. The number of carbonyl (C=O) groups excluding carboxylic acids is 2. The highest BCUT2D eigenvalue weighted by molar-refractivity contribution is 9.10. The lowest BCUT2D eigenvalue weighted by Crippen LogP contribution is -2.06. The Morgan fingerprint density at radius 3 is 2.72 bits per heavy atom. The van der Waals surface area contributed by atoms with Gasteiger partial charge in [-0.3, -0.25) is 9.59 Å². The summed E-state index contributed by atoms with van der Waals surface area (Å²) in [5, 5.41) is 18.1. The highest BCUT2D eigenvalue weighted by Crippen LogP contribution is 2.37. The van der Waals surface area contributed by atoms with Crippen LogP contribution in [0.15, 0.2) is 57.2 Å². The van der Waals surface area contributed by atoms with Crippen molar-refractivity contribution >= 4 is 44.4 Å². The molecule has 0 aliphatic rings. The fraction of sp³-hybridized carbons (Fsp3) is 0.0588. The normalized spacial score (nSPS) is 11.1. The number of aromatic hydroxyl groups is 1. The number of H-pyrrole nitrogens is 1. The quantitative estimate of drug-likeness (QED) is 0.383. The van der Waals surface area contributed by atoms with E-state index in [9.17, 15) is 14.7 Å². The van der Waals surface area contributed by atoms with E-state index in [1.165, 1.54) is 19.1 Å². The van der Waals surface area contributed by atoms with Crippen molar-refractivity contribution in [1.29, 1.82) is 0 Å². The van der Waals surface area contributed by atoms with Gasteiger partial charge in [0.25, 0.3) is 5.91 Å². The lowest BCUT2D eigenvalue weighted by atomic mass is 10.2. The van der Waals surface area contributed by atoms with Gasteiger partial charge in [-0.05, 0) is 30.3 Å². The van der Waals surface area contributed by atoms with E-state index in [0.29, 0.717) is 10.9 Å². The number of hydrogen-bond acceptors (Lipinski definition) is 5. The van der Waals surface area contributed by atoms with Gasteiger partial charge >= 0.3 is 5.97 Å². The maximum atomic E-state index is 12.3. The van der Waals surface area contributed by atoms with Gasteiger partial charge in [0.1, 0.15) is 5.75 Å². The van der Waals surface area contributed by atoms with Crippen LogP contribution in [-0.2, 0) is 4.79 Å². The highest BCUT2D eigenvalue weighted by Gasteiger charge is 2.15. The molecule has 0 saturated carbocycles. The zero-order valence-corrected chi connectivity index (χ0v) is 14.6. The molecular formula is C17H12BrN3O4. The number of esters is 1. The molecule has 1 aromatic heterocycles. The van der Waals surface area contributed by atoms with Gasteiger partial charge < -0.3 is 14.8 Å². The molecule has 7 nitrogen and oxygen atoms in total. The number of aromatic amines is 1. The van der Waals surface area contributed by atoms with Crippen LogP contribution in [0.3, 0.4) is 0 Å². The van der Waals surface area contributed by atoms with Gasteiger partial charge in [-0.15, -0.1) is 10.2 Å². The number of nitrogens with zero attached hydrogens (tertiary/aromatic N) is 2. The summed E-state index contributed by atoms with van der Waals surface area (Å²) in [6, 6.07) is 11.5. The summed E-state index contributed by atoms with van der Waals surface area (Å²) in [7, 11) is 0. The summed E-state index contributed by atoms with van der Waals surface area (Å²) in [5.41, 5.74) is 0.902. The zero-order chi connectivity index (χ0) is 18.0. The Morgan fingerprint density at radius 1 is 1.20 bits per heavy atom. The van der Waals surface area contributed by atoms with E-state index in [-0.39, 0.29) is 22.9 Å². The number of benzene rings is 2. The van der Waals surface area contributed by atoms with Crippen LogP contribution in [0.2, 0.25) is 0 Å². The third kappa shape index (κ3) is 3.58. The summed E-state index contributed by atoms with van der Waals surface area (Å²) < 4.78 is 5.78. The first-order valence-corrected chi connectivity index (χ1v) is 7.98. The van der Waals surface area contributed by atoms with Gasteiger partial charge in [0.2, 0.25) is 5.88 Å². The van der Waals surface area contributed by atoms with Gasteiger partial charge in [0, 0.05) is 16.8 Å². The number of halogens is 1. The third-order valence-corrected chi connectivity index (χ3v) is 3.82. The average molecular weight is 402 g/mol. The van der Waals surface area contributed by atoms with Crippen molar-refractivity contribution in [1.82, 2.24) is 4.98 Å². The van der Waals surface area contributed by atoms with Crippen LogP contribution in [0.25, 0.3) is 10.9 Å². The predicted octanol–water partition coefficient (Wildman–Crippen LogP) is 4.49. The molecule has 8 heteroatoms. The molecule has 2 aromatic carbocycles. The molecule has 0 fully saturated rings. The Hall–Kier alpha value is -3.00. The number of amides is 1. The van der Waals surface area contributed by atoms with Crippen molar-refractivity contribution in [3.05, 3.63) is 52.5 Å². The van der Waals surface area contributed by atoms with E-state index in [1.54, 1.807) is 30.3 Å². The molecular weight excluding hydrogens is 390 g/mol. The SMILES string of the molecule is CC(=O)Oc1ccccc1C(=O)N=Nc1c(O)[nH]c2ccc(Br)cc12. The summed E-state index contributed by atoms with van der Waals surface area (Å²) in [5.74, 6) is -1.33. The van der Waals surface area contributed by atoms with Crippen molar-refractivity contribution in [2.24, 2.45) is 10.2 Å². The smallest absolute Gasteiger partial charge is 0.308 e. The van der Waals surface area contributed by atoms with Crippen LogP contribution < -0.4 is 4.74 Å². The highest BCUT2D eigenvalue weighted by atomic mass is 79.9. The Bertz CT molecular complexity index is 1010. The van der Waals surface area contributed by atoms with Crippen molar-refractivity contribution in [2.45, 2.75) is 6.92 Å². The van der Waals surface area contributed by atoms with Crippen LogP contribution in [0.4, 0.5) is 5.69 Å². The molecule has 1 amide bonds. The Morgan fingerprint density at radius 2 is 1.96 bits per heavy atom. The molecule has 0 saturated heterocycles. The summed E-state index contributed by atoms with van der Waals surface area (Å²) >= 11 is 3.34. The minimum absolute atomic E-state index is 0.0990. The maximum Gasteiger partial charge on any atom is 0.308 e. The molecule has 0 aliphatic carbocycles. The molecule has 0 aliphatic heterocycles. The second-order valence-corrected chi connectivity index (χ2v) is 6.02. The molecule has 25 heavy (non-hydrogen) atoms. The van der Waals surface area contributed by atoms with E-state index in [0.717, 1.165) is 4.47 Å². The van der Waals surface area contributed by atoms with E-state index in [2.05, 4.69) is 31.1 Å². The zero-order valence-electron chi connectivity index (χ0n) is 13.0. The Kier molecular flexibility index (Phi) is 4.62. The van der Waals surface area contributed by atoms with Gasteiger partial charge in [-0.25, -0.2) is 0 Å². The van der Waals surface area contributed by atoms with Crippen molar-refractivity contribution < 1.29 is 19.4 Å². The maximum absolute atomic E-state index is 12.3. The second-order valence-electron chi connectivity index (χ2n) is 5.11. The van der Waals surface area contributed by atoms with E-state index in [4.69, 9.17) is 4.74 Å². The Labute approximate surface area is 150 Å². The monoisotopic (exact) mass is 401 g/mol. The Balaban J connectivity index is 1.95. The second kappa shape index (κ2) is 6.86. The molecule has 126 valence electrons. The summed E-state index contributed by atoms with van der Waals surface area (Å²) in [4.78, 5) is 26.2. The molecule has 3 rings (SSSR count). The minimum atomic E-state index is -0.694. The summed E-state index contributed by atoms with van der Waals surface area (Å²) in [6.45, 7) is 1.24. The number of ether oxygens (including phenoxy) is 1. The van der Waals surface area contributed by atoms with E-state index < -0.39 is 11.9 Å². The third-order valence-electron chi connectivity index (χ3n) is 3.33. The van der Waals surface area contributed by atoms with Crippen molar-refractivity contribution in [3.8, 4) is 11.6 Å². The largest absolute Gasteiger partial charge is 0.493 e. The molecule has 3 aromatic rings. The van der Waals surface area contributed by atoms with Crippen LogP contribution in [-0.4, -0.2) is 22.0 Å². The molecule has 2 N–H and O–H groups in total. The molecule has 0 spiro atoms. The van der Waals surface area contributed by atoms with Crippen LogP contribution in [0.1, 0.15) is 17.3 Å². The summed E-state index contributed by atoms with van der Waals surface area (Å²) in [6.07, 6.45) is 0. The molecule has 0 atom stereocenters. The van der Waals surface area contributed by atoms with E-state index in [1.807, 2.05) is 0 Å². The number of azo groups is 1. The van der Waals surface area contributed by atoms with Gasteiger partial charge in [0.05, 0.1) is 11.1 Å². The number of para-hydroxylation sites is 1. The molecule has 0 unspecified atom stereocenters. The number of rotatable bonds is 3. The average Bonchev–Trinajstić information content (AvgIpc) is 2.87. The lowest BCUT2D eigenvalue weighted by Gasteiger charge is -2.04. The van der Waals surface area contributed by atoms with Crippen molar-refractivity contribution in [2.75, 3.05) is 0 Å². The fourth-order valence-corrected chi connectivity index (χ4v) is 2.63. The first-order chi connectivity index (χ1) is 12.0.